The van der Waals surface area contributed by atoms with Crippen molar-refractivity contribution in [3.63, 3.8) is 0 Å². The Kier molecular flexibility index (Phi) is 4.29. The lowest BCUT2D eigenvalue weighted by Gasteiger charge is -2.32. The van der Waals surface area contributed by atoms with Crippen LogP contribution in [0.25, 0.3) is 0 Å². The summed E-state index contributed by atoms with van der Waals surface area (Å²) in [6.07, 6.45) is -0.878. The molecule has 20 heavy (non-hydrogen) atoms. The van der Waals surface area contributed by atoms with E-state index in [0.29, 0.717) is 0 Å². The maximum absolute atomic E-state index is 13.6. The normalized spacial score (nSPS) is 18.9. The molecule has 1 unspecified atom stereocenters. The number of benzene rings is 1. The van der Waals surface area contributed by atoms with Crippen molar-refractivity contribution >= 4 is 11.9 Å². The molecule has 1 N–H and O–H groups in total. The van der Waals surface area contributed by atoms with Crippen molar-refractivity contribution in [1.82, 2.24) is 4.90 Å². The zero-order valence-electron chi connectivity index (χ0n) is 10.5. The number of carbonyl (C=O) groups is 2. The number of nitrogens with zero attached hydrogens (tertiary/aromatic N) is 1. The third-order valence-electron chi connectivity index (χ3n) is 3.01. The first-order chi connectivity index (χ1) is 9.49. The summed E-state index contributed by atoms with van der Waals surface area (Å²) in [7, 11) is 0. The summed E-state index contributed by atoms with van der Waals surface area (Å²) in [6.45, 7) is 0.423. The molecular formula is C13H13F2NO4. The number of carbonyl (C=O) groups excluding carboxylic acids is 1. The molecule has 0 saturated carbocycles. The van der Waals surface area contributed by atoms with Crippen LogP contribution >= 0.6 is 0 Å². The molecule has 1 heterocycles. The third-order valence-corrected chi connectivity index (χ3v) is 3.01. The first-order valence-corrected chi connectivity index (χ1v) is 6.05. The van der Waals surface area contributed by atoms with Gasteiger partial charge in [0.2, 0.25) is 0 Å². The zero-order chi connectivity index (χ0) is 14.7. The van der Waals surface area contributed by atoms with E-state index in [-0.39, 0.29) is 31.7 Å². The number of halogens is 2. The van der Waals surface area contributed by atoms with Crippen LogP contribution in [0.2, 0.25) is 0 Å². The van der Waals surface area contributed by atoms with E-state index in [1.54, 1.807) is 0 Å². The standard InChI is InChI=1S/C13H13F2NO4/c14-10-3-1-2-9(12(10)15)13(19)16-4-5-20-8(7-16)6-11(17)18/h1-3,8H,4-7H2,(H,17,18). The van der Waals surface area contributed by atoms with Gasteiger partial charge in [0.05, 0.1) is 24.7 Å². The summed E-state index contributed by atoms with van der Waals surface area (Å²) in [5, 5.41) is 8.70. The average Bonchev–Trinajstić information content (AvgIpc) is 2.41. The number of aliphatic carboxylic acids is 1. The first kappa shape index (κ1) is 14.4. The minimum Gasteiger partial charge on any atom is -0.481 e. The lowest BCUT2D eigenvalue weighted by Crippen LogP contribution is -2.46. The molecule has 0 aromatic heterocycles. The summed E-state index contributed by atoms with van der Waals surface area (Å²) in [5.74, 6) is -3.99. The van der Waals surface area contributed by atoms with Gasteiger partial charge in [-0.2, -0.15) is 0 Å². The van der Waals surface area contributed by atoms with Gasteiger partial charge in [-0.25, -0.2) is 8.78 Å². The van der Waals surface area contributed by atoms with Crippen molar-refractivity contribution in [3.8, 4) is 0 Å². The number of ether oxygens (including phenoxy) is 1. The molecule has 5 nitrogen and oxygen atoms in total. The van der Waals surface area contributed by atoms with Gasteiger partial charge in [0.1, 0.15) is 0 Å². The smallest absolute Gasteiger partial charge is 0.306 e. The number of carboxylic acid groups (broad SMARTS) is 1. The van der Waals surface area contributed by atoms with Crippen LogP contribution in [0.3, 0.4) is 0 Å². The second-order valence-electron chi connectivity index (χ2n) is 4.44. The van der Waals surface area contributed by atoms with Crippen LogP contribution in [0.15, 0.2) is 18.2 Å². The molecule has 1 aromatic rings. The van der Waals surface area contributed by atoms with E-state index in [0.717, 1.165) is 6.07 Å². The van der Waals surface area contributed by atoms with Crippen LogP contribution in [0.1, 0.15) is 16.8 Å². The Hall–Kier alpha value is -2.02. The molecule has 1 aliphatic rings. The molecular weight excluding hydrogens is 272 g/mol. The van der Waals surface area contributed by atoms with Crippen LogP contribution in [0.5, 0.6) is 0 Å². The molecule has 1 atom stereocenters. The minimum absolute atomic E-state index is 0.0427. The monoisotopic (exact) mass is 285 g/mol. The lowest BCUT2D eigenvalue weighted by atomic mass is 10.1. The van der Waals surface area contributed by atoms with E-state index in [4.69, 9.17) is 9.84 Å². The van der Waals surface area contributed by atoms with Gasteiger partial charge in [-0.1, -0.05) is 6.07 Å². The predicted molar refractivity (Wildman–Crippen MR) is 64.3 cm³/mol. The number of hydrogen-bond donors (Lipinski definition) is 1. The summed E-state index contributed by atoms with van der Waals surface area (Å²) >= 11 is 0. The zero-order valence-corrected chi connectivity index (χ0v) is 10.5. The highest BCUT2D eigenvalue weighted by molar-refractivity contribution is 5.94. The maximum atomic E-state index is 13.6. The Bertz CT molecular complexity index is 535. The van der Waals surface area contributed by atoms with Gasteiger partial charge >= 0.3 is 5.97 Å². The van der Waals surface area contributed by atoms with Gasteiger partial charge in [0, 0.05) is 13.1 Å². The minimum atomic E-state index is -1.20. The molecule has 0 aliphatic carbocycles. The van der Waals surface area contributed by atoms with Gasteiger partial charge in [-0.3, -0.25) is 9.59 Å². The molecule has 1 saturated heterocycles. The highest BCUT2D eigenvalue weighted by atomic mass is 19.2. The fraction of sp³-hybridized carbons (Fsp3) is 0.385. The van der Waals surface area contributed by atoms with Crippen molar-refractivity contribution in [2.75, 3.05) is 19.7 Å². The van der Waals surface area contributed by atoms with E-state index in [1.165, 1.54) is 17.0 Å². The Morgan fingerprint density at radius 3 is 2.85 bits per heavy atom. The molecule has 1 aromatic carbocycles. The van der Waals surface area contributed by atoms with Crippen LogP contribution in [-0.2, 0) is 9.53 Å². The number of carboxylic acids is 1. The second-order valence-corrected chi connectivity index (χ2v) is 4.44. The van der Waals surface area contributed by atoms with Crippen molar-refractivity contribution in [1.29, 1.82) is 0 Å². The van der Waals surface area contributed by atoms with E-state index in [1.807, 2.05) is 0 Å². The molecule has 1 amide bonds. The molecule has 0 bridgehead atoms. The summed E-state index contributed by atoms with van der Waals surface area (Å²) in [5.41, 5.74) is -0.360. The molecule has 0 spiro atoms. The average molecular weight is 285 g/mol. The van der Waals surface area contributed by atoms with Crippen molar-refractivity contribution in [2.45, 2.75) is 12.5 Å². The summed E-state index contributed by atoms with van der Waals surface area (Å²) in [6, 6.07) is 3.38. The van der Waals surface area contributed by atoms with Crippen LogP contribution in [0, 0.1) is 11.6 Å². The quantitative estimate of drug-likeness (QED) is 0.908. The summed E-state index contributed by atoms with van der Waals surface area (Å²) in [4.78, 5) is 24.0. The molecule has 1 aliphatic heterocycles. The predicted octanol–water partition coefficient (Wildman–Crippen LogP) is 1.28. The van der Waals surface area contributed by atoms with Crippen LogP contribution < -0.4 is 0 Å². The number of hydrogen-bond acceptors (Lipinski definition) is 3. The molecule has 1 fully saturated rings. The molecule has 2 rings (SSSR count). The maximum Gasteiger partial charge on any atom is 0.306 e. The van der Waals surface area contributed by atoms with Gasteiger partial charge in [0.25, 0.3) is 5.91 Å². The van der Waals surface area contributed by atoms with Crippen LogP contribution in [-0.4, -0.2) is 47.7 Å². The van der Waals surface area contributed by atoms with Crippen molar-refractivity contribution < 1.29 is 28.2 Å². The Morgan fingerprint density at radius 1 is 1.40 bits per heavy atom. The Morgan fingerprint density at radius 2 is 2.15 bits per heavy atom. The van der Waals surface area contributed by atoms with E-state index in [9.17, 15) is 18.4 Å². The van der Waals surface area contributed by atoms with Gasteiger partial charge < -0.3 is 14.7 Å². The van der Waals surface area contributed by atoms with Crippen molar-refractivity contribution in [3.05, 3.63) is 35.4 Å². The largest absolute Gasteiger partial charge is 0.481 e. The van der Waals surface area contributed by atoms with Gasteiger partial charge in [-0.05, 0) is 12.1 Å². The number of amides is 1. The SMILES string of the molecule is O=C(O)CC1CN(C(=O)c2cccc(F)c2F)CCO1. The van der Waals surface area contributed by atoms with Gasteiger partial charge in [-0.15, -0.1) is 0 Å². The highest BCUT2D eigenvalue weighted by Crippen LogP contribution is 2.17. The molecule has 7 heteroatoms. The Labute approximate surface area is 113 Å². The molecule has 108 valence electrons. The van der Waals surface area contributed by atoms with Crippen molar-refractivity contribution in [2.24, 2.45) is 0 Å². The fourth-order valence-electron chi connectivity index (χ4n) is 2.06. The summed E-state index contributed by atoms with van der Waals surface area (Å²) < 4.78 is 31.9. The molecule has 0 radical (unpaired) electrons. The van der Waals surface area contributed by atoms with Crippen LogP contribution in [0.4, 0.5) is 8.78 Å². The first-order valence-electron chi connectivity index (χ1n) is 6.05. The van der Waals surface area contributed by atoms with E-state index >= 15 is 0 Å². The van der Waals surface area contributed by atoms with E-state index < -0.39 is 29.6 Å². The fourth-order valence-corrected chi connectivity index (χ4v) is 2.06. The number of morpholine rings is 1. The van der Waals surface area contributed by atoms with Gasteiger partial charge in [0.15, 0.2) is 11.6 Å². The lowest BCUT2D eigenvalue weighted by molar-refractivity contribution is -0.141. The number of rotatable bonds is 3. The highest BCUT2D eigenvalue weighted by Gasteiger charge is 2.28. The topological polar surface area (TPSA) is 66.8 Å². The van der Waals surface area contributed by atoms with E-state index in [2.05, 4.69) is 0 Å². The second kappa shape index (κ2) is 5.96. The third kappa shape index (κ3) is 3.11. The Balaban J connectivity index is 2.12.